The largest absolute Gasteiger partial charge is 0.494 e. The zero-order chi connectivity index (χ0) is 14.0. The third kappa shape index (κ3) is 5.51. The lowest BCUT2D eigenvalue weighted by Crippen LogP contribution is -2.41. The SMILES string of the molecule is CCCCCOc1ccc(CNN2CCCCC2)cc1. The average molecular weight is 276 g/mol. The van der Waals surface area contributed by atoms with Crippen molar-refractivity contribution in [3.8, 4) is 5.75 Å². The lowest BCUT2D eigenvalue weighted by Gasteiger charge is -2.27. The van der Waals surface area contributed by atoms with Crippen molar-refractivity contribution in [1.29, 1.82) is 0 Å². The van der Waals surface area contributed by atoms with Gasteiger partial charge in [0.25, 0.3) is 0 Å². The molecule has 1 aromatic carbocycles. The van der Waals surface area contributed by atoms with Crippen LogP contribution in [0.4, 0.5) is 0 Å². The standard InChI is InChI=1S/C17H28N2O/c1-2-3-7-14-20-17-10-8-16(9-11-17)15-18-19-12-5-4-6-13-19/h8-11,18H,2-7,12-15H2,1H3. The summed E-state index contributed by atoms with van der Waals surface area (Å²) < 4.78 is 5.73. The number of hydrogen-bond acceptors (Lipinski definition) is 3. The van der Waals surface area contributed by atoms with Crippen molar-refractivity contribution in [1.82, 2.24) is 10.4 Å². The molecule has 20 heavy (non-hydrogen) atoms. The Bertz CT molecular complexity index is 358. The van der Waals surface area contributed by atoms with Crippen molar-refractivity contribution in [2.45, 2.75) is 52.0 Å². The van der Waals surface area contributed by atoms with E-state index in [1.807, 2.05) is 0 Å². The number of unbranched alkanes of at least 4 members (excludes halogenated alkanes) is 2. The normalized spacial score (nSPS) is 16.2. The lowest BCUT2D eigenvalue weighted by atomic mass is 10.2. The molecule has 1 N–H and O–H groups in total. The number of rotatable bonds is 8. The first-order chi connectivity index (χ1) is 9.88. The molecular formula is C17H28N2O. The van der Waals surface area contributed by atoms with E-state index < -0.39 is 0 Å². The van der Waals surface area contributed by atoms with Crippen LogP contribution in [0.2, 0.25) is 0 Å². The molecule has 0 aliphatic carbocycles. The summed E-state index contributed by atoms with van der Waals surface area (Å²) in [5.74, 6) is 0.989. The second kappa shape index (κ2) is 8.98. The zero-order valence-electron chi connectivity index (χ0n) is 12.7. The van der Waals surface area contributed by atoms with E-state index >= 15 is 0 Å². The maximum atomic E-state index is 5.73. The first-order valence-corrected chi connectivity index (χ1v) is 8.08. The number of hydrogen-bond donors (Lipinski definition) is 1. The van der Waals surface area contributed by atoms with Crippen molar-refractivity contribution in [3.05, 3.63) is 29.8 Å². The maximum Gasteiger partial charge on any atom is 0.119 e. The van der Waals surface area contributed by atoms with E-state index in [2.05, 4.69) is 41.6 Å². The fourth-order valence-electron chi connectivity index (χ4n) is 2.50. The Morgan fingerprint density at radius 2 is 1.80 bits per heavy atom. The van der Waals surface area contributed by atoms with E-state index in [-0.39, 0.29) is 0 Å². The van der Waals surface area contributed by atoms with Gasteiger partial charge in [0.05, 0.1) is 6.61 Å². The third-order valence-corrected chi connectivity index (χ3v) is 3.80. The van der Waals surface area contributed by atoms with Crippen LogP contribution < -0.4 is 10.2 Å². The van der Waals surface area contributed by atoms with Crippen LogP contribution >= 0.6 is 0 Å². The highest BCUT2D eigenvalue weighted by atomic mass is 16.5. The topological polar surface area (TPSA) is 24.5 Å². The molecule has 0 aromatic heterocycles. The number of hydrazine groups is 1. The summed E-state index contributed by atoms with van der Waals surface area (Å²) in [6.07, 6.45) is 7.65. The second-order valence-electron chi connectivity index (χ2n) is 5.58. The van der Waals surface area contributed by atoms with Crippen molar-refractivity contribution < 1.29 is 4.74 Å². The third-order valence-electron chi connectivity index (χ3n) is 3.80. The Kier molecular flexibility index (Phi) is 6.89. The summed E-state index contributed by atoms with van der Waals surface area (Å²) in [4.78, 5) is 0. The van der Waals surface area contributed by atoms with Crippen molar-refractivity contribution in [2.24, 2.45) is 0 Å². The van der Waals surface area contributed by atoms with Crippen molar-refractivity contribution in [2.75, 3.05) is 19.7 Å². The molecule has 3 nitrogen and oxygen atoms in total. The van der Waals surface area contributed by atoms with Crippen LogP contribution in [0.5, 0.6) is 5.75 Å². The molecule has 0 amide bonds. The van der Waals surface area contributed by atoms with Crippen molar-refractivity contribution >= 4 is 0 Å². The van der Waals surface area contributed by atoms with Gasteiger partial charge in [0.2, 0.25) is 0 Å². The molecule has 1 aromatic rings. The quantitative estimate of drug-likeness (QED) is 0.732. The molecule has 112 valence electrons. The van der Waals surface area contributed by atoms with Crippen LogP contribution in [0.3, 0.4) is 0 Å². The molecule has 1 aliphatic rings. The van der Waals surface area contributed by atoms with Crippen molar-refractivity contribution in [3.63, 3.8) is 0 Å². The molecule has 0 atom stereocenters. The molecule has 0 radical (unpaired) electrons. The van der Waals surface area contributed by atoms with E-state index in [1.54, 1.807) is 0 Å². The van der Waals surface area contributed by atoms with Crippen LogP contribution in [0.15, 0.2) is 24.3 Å². The average Bonchev–Trinajstić information content (AvgIpc) is 2.52. The summed E-state index contributed by atoms with van der Waals surface area (Å²) in [5.41, 5.74) is 4.83. The van der Waals surface area contributed by atoms with Gasteiger partial charge < -0.3 is 4.74 Å². The van der Waals surface area contributed by atoms with Gasteiger partial charge >= 0.3 is 0 Å². The van der Waals surface area contributed by atoms with E-state index in [1.165, 1.54) is 50.8 Å². The van der Waals surface area contributed by atoms with Gasteiger partial charge in [-0.05, 0) is 37.0 Å². The minimum Gasteiger partial charge on any atom is -0.494 e. The first-order valence-electron chi connectivity index (χ1n) is 8.08. The van der Waals surface area contributed by atoms with Gasteiger partial charge in [-0.15, -0.1) is 0 Å². The highest BCUT2D eigenvalue weighted by Crippen LogP contribution is 2.13. The smallest absolute Gasteiger partial charge is 0.119 e. The molecule has 1 heterocycles. The van der Waals surface area contributed by atoms with E-state index in [4.69, 9.17) is 4.74 Å². The van der Waals surface area contributed by atoms with E-state index in [0.717, 1.165) is 25.3 Å². The summed E-state index contributed by atoms with van der Waals surface area (Å²) in [7, 11) is 0. The first kappa shape index (κ1) is 15.3. The Morgan fingerprint density at radius 1 is 1.05 bits per heavy atom. The summed E-state index contributed by atoms with van der Waals surface area (Å²) in [6, 6.07) is 8.48. The number of benzene rings is 1. The molecule has 3 heteroatoms. The summed E-state index contributed by atoms with van der Waals surface area (Å²) in [5, 5.41) is 2.35. The minimum atomic E-state index is 0.833. The van der Waals surface area contributed by atoms with Gasteiger partial charge in [-0.3, -0.25) is 5.43 Å². The fourth-order valence-corrected chi connectivity index (χ4v) is 2.50. The van der Waals surface area contributed by atoms with E-state index in [9.17, 15) is 0 Å². The number of nitrogens with one attached hydrogen (secondary N) is 1. The van der Waals surface area contributed by atoms with Crippen LogP contribution in [0.1, 0.15) is 51.0 Å². The zero-order valence-corrected chi connectivity index (χ0v) is 12.7. The molecule has 0 bridgehead atoms. The van der Waals surface area contributed by atoms with Gasteiger partial charge in [0, 0.05) is 19.6 Å². The van der Waals surface area contributed by atoms with Crippen LogP contribution in [0, 0.1) is 0 Å². The number of ether oxygens (including phenoxy) is 1. The molecule has 0 saturated carbocycles. The predicted octanol–water partition coefficient (Wildman–Crippen LogP) is 3.75. The molecule has 0 spiro atoms. The Hall–Kier alpha value is -1.06. The van der Waals surface area contributed by atoms with Crippen LogP contribution in [0.25, 0.3) is 0 Å². The Labute approximate surface area is 123 Å². The molecule has 1 fully saturated rings. The number of piperidine rings is 1. The Morgan fingerprint density at radius 3 is 2.50 bits per heavy atom. The van der Waals surface area contributed by atoms with Crippen LogP contribution in [-0.4, -0.2) is 24.7 Å². The highest BCUT2D eigenvalue weighted by Gasteiger charge is 2.08. The molecule has 0 unspecified atom stereocenters. The highest BCUT2D eigenvalue weighted by molar-refractivity contribution is 5.27. The van der Waals surface area contributed by atoms with Gasteiger partial charge in [0.1, 0.15) is 5.75 Å². The predicted molar refractivity (Wildman–Crippen MR) is 83.7 cm³/mol. The summed E-state index contributed by atoms with van der Waals surface area (Å²) >= 11 is 0. The lowest BCUT2D eigenvalue weighted by molar-refractivity contribution is 0.151. The fraction of sp³-hybridized carbons (Fsp3) is 0.647. The number of nitrogens with zero attached hydrogens (tertiary/aromatic N) is 1. The van der Waals surface area contributed by atoms with Gasteiger partial charge in [-0.25, -0.2) is 5.01 Å². The van der Waals surface area contributed by atoms with Gasteiger partial charge in [-0.1, -0.05) is 38.3 Å². The molecular weight excluding hydrogens is 248 g/mol. The van der Waals surface area contributed by atoms with Crippen LogP contribution in [-0.2, 0) is 6.54 Å². The molecule has 2 rings (SSSR count). The van der Waals surface area contributed by atoms with E-state index in [0.29, 0.717) is 0 Å². The minimum absolute atomic E-state index is 0.833. The summed E-state index contributed by atoms with van der Waals surface area (Å²) in [6.45, 7) is 6.32. The molecule has 1 aliphatic heterocycles. The van der Waals surface area contributed by atoms with Gasteiger partial charge in [-0.2, -0.15) is 0 Å². The molecule has 1 saturated heterocycles. The maximum absolute atomic E-state index is 5.73. The Balaban J connectivity index is 1.68. The second-order valence-corrected chi connectivity index (χ2v) is 5.58. The van der Waals surface area contributed by atoms with Gasteiger partial charge in [0.15, 0.2) is 0 Å². The monoisotopic (exact) mass is 276 g/mol.